The van der Waals surface area contributed by atoms with E-state index in [9.17, 15) is 18.0 Å². The zero-order valence-corrected chi connectivity index (χ0v) is 16.1. The van der Waals surface area contributed by atoms with Crippen LogP contribution in [0.3, 0.4) is 0 Å². The van der Waals surface area contributed by atoms with E-state index < -0.39 is 12.7 Å². The highest BCUT2D eigenvalue weighted by molar-refractivity contribution is 5.81. The Hall–Kier alpha value is -1.55. The largest absolute Gasteiger partial charge is 0.401 e. The summed E-state index contributed by atoms with van der Waals surface area (Å²) < 4.78 is 42.3. The molecule has 1 N–H and O–H groups in total. The summed E-state index contributed by atoms with van der Waals surface area (Å²) in [5, 5.41) is 3.12. The number of likely N-dealkylation sites (tertiary alicyclic amines) is 1. The first-order valence-electron chi connectivity index (χ1n) is 9.37. The van der Waals surface area contributed by atoms with Crippen molar-refractivity contribution in [3.8, 4) is 0 Å². The minimum atomic E-state index is -4.19. The topological polar surface area (TPSA) is 60.4 Å². The smallest absolute Gasteiger partial charge is 0.378 e. The third-order valence-corrected chi connectivity index (χ3v) is 4.90. The van der Waals surface area contributed by atoms with E-state index in [0.29, 0.717) is 51.9 Å². The molecule has 0 aromatic rings. The maximum Gasteiger partial charge on any atom is 0.401 e. The van der Waals surface area contributed by atoms with E-state index in [2.05, 4.69) is 15.2 Å². The summed E-state index contributed by atoms with van der Waals surface area (Å²) in [5.41, 5.74) is 0. The lowest BCUT2D eigenvalue weighted by Crippen LogP contribution is -2.50. The number of hydrogen-bond acceptors (Lipinski definition) is 4. The Morgan fingerprint density at radius 1 is 1.19 bits per heavy atom. The number of guanidine groups is 1. The second-order valence-corrected chi connectivity index (χ2v) is 7.03. The Morgan fingerprint density at radius 3 is 2.37 bits per heavy atom. The van der Waals surface area contributed by atoms with Crippen molar-refractivity contribution in [3.63, 3.8) is 0 Å². The van der Waals surface area contributed by atoms with E-state index in [1.165, 1.54) is 11.9 Å². The molecular formula is C17H30F3N5O2. The van der Waals surface area contributed by atoms with Crippen LogP contribution >= 0.6 is 0 Å². The summed E-state index contributed by atoms with van der Waals surface area (Å²) in [6, 6.07) is 0. The van der Waals surface area contributed by atoms with Gasteiger partial charge in [-0.1, -0.05) is 0 Å². The molecule has 0 radical (unpaired) electrons. The number of ether oxygens (including phenoxy) is 1. The van der Waals surface area contributed by atoms with Gasteiger partial charge in [0.05, 0.1) is 19.8 Å². The fourth-order valence-electron chi connectivity index (χ4n) is 3.46. The summed E-state index contributed by atoms with van der Waals surface area (Å²) in [7, 11) is 3.10. The van der Waals surface area contributed by atoms with Crippen LogP contribution in [0.15, 0.2) is 4.99 Å². The van der Waals surface area contributed by atoms with Crippen molar-refractivity contribution < 1.29 is 22.7 Å². The Bertz CT molecular complexity index is 501. The molecule has 0 spiro atoms. The predicted molar refractivity (Wildman–Crippen MR) is 96.6 cm³/mol. The summed E-state index contributed by atoms with van der Waals surface area (Å²) in [6.07, 6.45) is -2.68. The predicted octanol–water partition coefficient (Wildman–Crippen LogP) is 0.627. The van der Waals surface area contributed by atoms with Crippen molar-refractivity contribution in [3.05, 3.63) is 0 Å². The highest BCUT2D eigenvalue weighted by Gasteiger charge is 2.31. The molecule has 0 saturated carbocycles. The van der Waals surface area contributed by atoms with Gasteiger partial charge in [-0.15, -0.1) is 0 Å². The number of amides is 1. The van der Waals surface area contributed by atoms with Crippen LogP contribution in [0.5, 0.6) is 0 Å². The Balaban J connectivity index is 1.72. The first kappa shape index (κ1) is 21.7. The van der Waals surface area contributed by atoms with E-state index in [1.807, 2.05) is 4.90 Å². The normalized spacial score (nSPS) is 20.3. The molecule has 2 fully saturated rings. The van der Waals surface area contributed by atoms with Crippen LogP contribution < -0.4 is 5.32 Å². The summed E-state index contributed by atoms with van der Waals surface area (Å²) >= 11 is 0. The van der Waals surface area contributed by atoms with Gasteiger partial charge in [-0.05, 0) is 19.9 Å². The third-order valence-electron chi connectivity index (χ3n) is 4.90. The van der Waals surface area contributed by atoms with Crippen LogP contribution in [0.4, 0.5) is 13.2 Å². The molecule has 0 unspecified atom stereocenters. The molecule has 1 amide bonds. The molecule has 27 heavy (non-hydrogen) atoms. The van der Waals surface area contributed by atoms with Crippen LogP contribution in [0.2, 0.25) is 0 Å². The van der Waals surface area contributed by atoms with E-state index in [-0.39, 0.29) is 18.4 Å². The Kier molecular flexibility index (Phi) is 8.15. The van der Waals surface area contributed by atoms with Gasteiger partial charge in [-0.2, -0.15) is 13.2 Å². The number of piperidine rings is 1. The molecule has 0 aromatic heterocycles. The van der Waals surface area contributed by atoms with Crippen molar-refractivity contribution in [2.45, 2.75) is 19.0 Å². The average Bonchev–Trinajstić information content (AvgIpc) is 2.64. The molecule has 0 bridgehead atoms. The molecule has 2 heterocycles. The van der Waals surface area contributed by atoms with Gasteiger partial charge < -0.3 is 19.9 Å². The molecule has 7 nitrogen and oxygen atoms in total. The Morgan fingerprint density at radius 2 is 1.81 bits per heavy atom. The molecular weight excluding hydrogens is 363 g/mol. The van der Waals surface area contributed by atoms with Crippen molar-refractivity contribution in [2.24, 2.45) is 10.9 Å². The quantitative estimate of drug-likeness (QED) is 0.548. The fraction of sp³-hybridized carbons (Fsp3) is 0.882. The third kappa shape index (κ3) is 7.17. The molecule has 2 aliphatic rings. The molecule has 2 rings (SSSR count). The molecule has 0 aromatic carbocycles. The van der Waals surface area contributed by atoms with Gasteiger partial charge in [0.2, 0.25) is 5.91 Å². The highest BCUT2D eigenvalue weighted by Crippen LogP contribution is 2.20. The van der Waals surface area contributed by atoms with Crippen LogP contribution in [0.25, 0.3) is 0 Å². The van der Waals surface area contributed by atoms with Crippen LogP contribution in [-0.2, 0) is 9.53 Å². The average molecular weight is 393 g/mol. The molecule has 10 heteroatoms. The molecule has 0 aliphatic carbocycles. The zero-order chi connectivity index (χ0) is 19.9. The van der Waals surface area contributed by atoms with E-state index in [0.717, 1.165) is 12.8 Å². The van der Waals surface area contributed by atoms with Gasteiger partial charge >= 0.3 is 6.18 Å². The number of rotatable bonds is 5. The molecule has 2 saturated heterocycles. The number of halogens is 3. The maximum absolute atomic E-state index is 12.6. The van der Waals surface area contributed by atoms with Crippen molar-refractivity contribution in [1.82, 2.24) is 20.0 Å². The number of alkyl halides is 3. The number of aliphatic imine (C=N–C) groups is 1. The number of carbonyl (C=O) groups is 1. The van der Waals surface area contributed by atoms with Gasteiger partial charge in [-0.25, -0.2) is 0 Å². The Labute approximate surface area is 158 Å². The lowest BCUT2D eigenvalue weighted by molar-refractivity contribution is -0.143. The van der Waals surface area contributed by atoms with Gasteiger partial charge in [0.25, 0.3) is 0 Å². The molecule has 156 valence electrons. The lowest BCUT2D eigenvalue weighted by Gasteiger charge is -2.36. The fourth-order valence-corrected chi connectivity index (χ4v) is 3.46. The van der Waals surface area contributed by atoms with Gasteiger partial charge in [0.1, 0.15) is 0 Å². The van der Waals surface area contributed by atoms with Crippen LogP contribution in [0.1, 0.15) is 12.8 Å². The SMILES string of the molecule is CN=C(NCCN(C)CC(F)(F)F)N1CCC(C(=O)N2CCOCC2)CC1. The van der Waals surface area contributed by atoms with Crippen molar-refractivity contribution in [2.75, 3.05) is 73.1 Å². The van der Waals surface area contributed by atoms with Crippen molar-refractivity contribution >= 4 is 11.9 Å². The number of hydrogen-bond donors (Lipinski definition) is 1. The number of carbonyl (C=O) groups excluding carboxylic acids is 1. The van der Waals surface area contributed by atoms with Crippen molar-refractivity contribution in [1.29, 1.82) is 0 Å². The number of likely N-dealkylation sites (N-methyl/N-ethyl adjacent to an activating group) is 1. The first-order chi connectivity index (χ1) is 12.8. The maximum atomic E-state index is 12.6. The molecule has 0 atom stereocenters. The number of nitrogens with zero attached hydrogens (tertiary/aromatic N) is 4. The second kappa shape index (κ2) is 10.1. The van der Waals surface area contributed by atoms with E-state index >= 15 is 0 Å². The zero-order valence-electron chi connectivity index (χ0n) is 16.1. The van der Waals surface area contributed by atoms with Gasteiger partial charge in [0.15, 0.2) is 5.96 Å². The van der Waals surface area contributed by atoms with E-state index in [1.54, 1.807) is 7.05 Å². The summed E-state index contributed by atoms with van der Waals surface area (Å²) in [6.45, 7) is 3.66. The van der Waals surface area contributed by atoms with Crippen LogP contribution in [0, 0.1) is 5.92 Å². The minimum absolute atomic E-state index is 0.0235. The second-order valence-electron chi connectivity index (χ2n) is 7.03. The standard InChI is InChI=1S/C17H30F3N5O2/c1-21-16(22-5-8-23(2)13-17(18,19)20)25-6-3-14(4-7-25)15(26)24-9-11-27-12-10-24/h14H,3-13H2,1-2H3,(H,21,22). The van der Waals surface area contributed by atoms with Gasteiger partial charge in [0, 0.05) is 52.2 Å². The monoisotopic (exact) mass is 393 g/mol. The summed E-state index contributed by atoms with van der Waals surface area (Å²) in [5.74, 6) is 0.901. The van der Waals surface area contributed by atoms with Crippen LogP contribution in [-0.4, -0.2) is 106 Å². The minimum Gasteiger partial charge on any atom is -0.378 e. The van der Waals surface area contributed by atoms with E-state index in [4.69, 9.17) is 4.74 Å². The van der Waals surface area contributed by atoms with Gasteiger partial charge in [-0.3, -0.25) is 14.7 Å². The lowest BCUT2D eigenvalue weighted by atomic mass is 9.95. The summed E-state index contributed by atoms with van der Waals surface area (Å²) in [4.78, 5) is 22.0. The first-order valence-corrected chi connectivity index (χ1v) is 9.37. The highest BCUT2D eigenvalue weighted by atomic mass is 19.4. The molecule has 2 aliphatic heterocycles. The number of morpholine rings is 1. The number of nitrogens with one attached hydrogen (secondary N) is 1.